The van der Waals surface area contributed by atoms with Crippen LogP contribution in [-0.2, 0) is 17.8 Å². The van der Waals surface area contributed by atoms with Gasteiger partial charge in [0.25, 0.3) is 0 Å². The zero-order chi connectivity index (χ0) is 28.2. The Morgan fingerprint density at radius 2 is 1.87 bits per heavy atom. The fourth-order valence-corrected chi connectivity index (χ4v) is 5.64. The summed E-state index contributed by atoms with van der Waals surface area (Å²) in [7, 11) is 1.47. The number of nitrogens with zero attached hydrogens (tertiary/aromatic N) is 1. The minimum Gasteiger partial charge on any atom is -0.489 e. The topological polar surface area (TPSA) is 68.7 Å². The number of carbonyl (C=O) groups is 1. The number of rotatable bonds is 11. The minimum absolute atomic E-state index is 0.00388. The number of hydrogen-bond acceptors (Lipinski definition) is 4. The van der Waals surface area contributed by atoms with Crippen molar-refractivity contribution in [1.82, 2.24) is 4.98 Å². The molecule has 0 radical (unpaired) electrons. The van der Waals surface area contributed by atoms with E-state index in [0.717, 1.165) is 49.4 Å². The van der Waals surface area contributed by atoms with Gasteiger partial charge in [0.15, 0.2) is 0 Å². The van der Waals surface area contributed by atoms with Crippen LogP contribution in [0.2, 0.25) is 0 Å². The van der Waals surface area contributed by atoms with Crippen LogP contribution < -0.4 is 9.47 Å². The Kier molecular flexibility index (Phi) is 8.88. The first-order chi connectivity index (χ1) is 18.6. The number of carboxylic acid groups (broad SMARTS) is 1. The van der Waals surface area contributed by atoms with Crippen molar-refractivity contribution in [2.75, 3.05) is 7.11 Å². The third kappa shape index (κ3) is 6.94. The Morgan fingerprint density at radius 3 is 2.51 bits per heavy atom. The molecule has 39 heavy (non-hydrogen) atoms. The number of aromatic nitrogens is 1. The van der Waals surface area contributed by atoms with E-state index in [1.54, 1.807) is 0 Å². The van der Waals surface area contributed by atoms with E-state index in [9.17, 15) is 9.18 Å². The Bertz CT molecular complexity index is 1310. The number of carboxylic acids is 1. The zero-order valence-electron chi connectivity index (χ0n) is 23.1. The van der Waals surface area contributed by atoms with Crippen LogP contribution in [0.25, 0.3) is 11.1 Å². The van der Waals surface area contributed by atoms with Gasteiger partial charge >= 0.3 is 5.97 Å². The third-order valence-electron chi connectivity index (χ3n) is 7.95. The summed E-state index contributed by atoms with van der Waals surface area (Å²) in [4.78, 5) is 14.8. The van der Waals surface area contributed by atoms with Crippen LogP contribution in [0, 0.1) is 23.0 Å². The smallest absolute Gasteiger partial charge is 0.303 e. The standard InChI is InChI=1S/C32H37F2NO4/c1-20(14-31(36)37)7-8-21-9-11-23(12-10-21)39-19-22-15-25(27-6-5-13-32(27,2)3)24(16-28(22)33)26-17-30(38-4)35-18-29(26)34/h9-12,15-18,20,27H,5-8,13-14,19H2,1-4H3,(H,36,37)/t20-,27+/m0/s1. The summed E-state index contributed by atoms with van der Waals surface area (Å²) in [5.74, 6) is -0.614. The number of aryl methyl sites for hydroxylation is 1. The van der Waals surface area contributed by atoms with Gasteiger partial charge in [-0.25, -0.2) is 13.8 Å². The lowest BCUT2D eigenvalue weighted by Crippen LogP contribution is -2.17. The summed E-state index contributed by atoms with van der Waals surface area (Å²) >= 11 is 0. The molecule has 208 valence electrons. The molecule has 0 saturated heterocycles. The van der Waals surface area contributed by atoms with Crippen LogP contribution >= 0.6 is 0 Å². The predicted octanol–water partition coefficient (Wildman–Crippen LogP) is 7.95. The summed E-state index contributed by atoms with van der Waals surface area (Å²) in [5, 5.41) is 8.93. The fraction of sp³-hybridized carbons (Fsp3) is 0.438. The maximum Gasteiger partial charge on any atom is 0.303 e. The molecule has 5 nitrogen and oxygen atoms in total. The molecular formula is C32H37F2NO4. The molecule has 3 aromatic rings. The maximum atomic E-state index is 15.5. The zero-order valence-corrected chi connectivity index (χ0v) is 23.1. The van der Waals surface area contributed by atoms with Crippen molar-refractivity contribution in [3.8, 4) is 22.8 Å². The van der Waals surface area contributed by atoms with Crippen molar-refractivity contribution in [3.63, 3.8) is 0 Å². The lowest BCUT2D eigenvalue weighted by molar-refractivity contribution is -0.138. The lowest BCUT2D eigenvalue weighted by atomic mass is 9.75. The molecule has 0 spiro atoms. The van der Waals surface area contributed by atoms with Gasteiger partial charge in [-0.05, 0) is 83.9 Å². The van der Waals surface area contributed by atoms with Gasteiger partial charge in [0, 0.05) is 23.6 Å². The van der Waals surface area contributed by atoms with E-state index in [4.69, 9.17) is 14.6 Å². The number of benzene rings is 2. The number of aliphatic carboxylic acids is 1. The van der Waals surface area contributed by atoms with E-state index in [1.165, 1.54) is 19.2 Å². The summed E-state index contributed by atoms with van der Waals surface area (Å²) < 4.78 is 41.6. The minimum atomic E-state index is -0.781. The van der Waals surface area contributed by atoms with Crippen molar-refractivity contribution in [3.05, 3.63) is 77.0 Å². The van der Waals surface area contributed by atoms with E-state index in [2.05, 4.69) is 18.8 Å². The SMILES string of the molecule is COc1cc(-c2cc(F)c(COc3ccc(CC[C@H](C)CC(=O)O)cc3)cc2[C@H]2CCCC2(C)C)c(F)cn1. The quantitative estimate of drug-likeness (QED) is 0.269. The van der Waals surface area contributed by atoms with Gasteiger partial charge in [-0.2, -0.15) is 0 Å². The first kappa shape index (κ1) is 28.5. The van der Waals surface area contributed by atoms with E-state index < -0.39 is 17.6 Å². The molecular weight excluding hydrogens is 500 g/mol. The van der Waals surface area contributed by atoms with Crippen molar-refractivity contribution < 1.29 is 28.2 Å². The molecule has 4 rings (SSSR count). The van der Waals surface area contributed by atoms with E-state index >= 15 is 4.39 Å². The molecule has 1 aliphatic carbocycles. The highest BCUT2D eigenvalue weighted by Crippen LogP contribution is 2.51. The highest BCUT2D eigenvalue weighted by atomic mass is 19.1. The molecule has 0 amide bonds. The van der Waals surface area contributed by atoms with E-state index in [1.807, 2.05) is 37.3 Å². The van der Waals surface area contributed by atoms with E-state index in [-0.39, 0.29) is 41.7 Å². The lowest BCUT2D eigenvalue weighted by Gasteiger charge is -2.30. The summed E-state index contributed by atoms with van der Waals surface area (Å²) in [6.45, 7) is 6.40. The Labute approximate surface area is 229 Å². The van der Waals surface area contributed by atoms with Gasteiger partial charge in [0.2, 0.25) is 5.88 Å². The largest absolute Gasteiger partial charge is 0.489 e. The van der Waals surface area contributed by atoms with Crippen LogP contribution in [0.1, 0.15) is 75.5 Å². The second-order valence-electron chi connectivity index (χ2n) is 11.3. The summed E-state index contributed by atoms with van der Waals surface area (Å²) in [6.07, 6.45) is 5.89. The van der Waals surface area contributed by atoms with Gasteiger partial charge in [-0.15, -0.1) is 0 Å². The molecule has 2 aromatic carbocycles. The number of ether oxygens (including phenoxy) is 2. The van der Waals surface area contributed by atoms with Crippen molar-refractivity contribution in [2.45, 2.75) is 71.8 Å². The Morgan fingerprint density at radius 1 is 1.13 bits per heavy atom. The van der Waals surface area contributed by atoms with Crippen molar-refractivity contribution >= 4 is 5.97 Å². The highest BCUT2D eigenvalue weighted by molar-refractivity contribution is 5.70. The number of methoxy groups -OCH3 is 1. The van der Waals surface area contributed by atoms with Gasteiger partial charge in [0.1, 0.15) is 24.0 Å². The van der Waals surface area contributed by atoms with Crippen LogP contribution in [0.5, 0.6) is 11.6 Å². The Balaban J connectivity index is 1.56. The Hall–Kier alpha value is -3.48. The normalized spacial score (nSPS) is 17.1. The molecule has 1 N–H and O–H groups in total. The van der Waals surface area contributed by atoms with Gasteiger partial charge < -0.3 is 14.6 Å². The third-order valence-corrected chi connectivity index (χ3v) is 7.95. The number of halogens is 2. The molecule has 7 heteroatoms. The molecule has 0 bridgehead atoms. The van der Waals surface area contributed by atoms with Crippen LogP contribution in [-0.4, -0.2) is 23.2 Å². The number of hydrogen-bond donors (Lipinski definition) is 1. The fourth-order valence-electron chi connectivity index (χ4n) is 5.64. The molecule has 1 heterocycles. The predicted molar refractivity (Wildman–Crippen MR) is 147 cm³/mol. The van der Waals surface area contributed by atoms with Gasteiger partial charge in [0.05, 0.1) is 13.3 Å². The molecule has 1 saturated carbocycles. The summed E-state index contributed by atoms with van der Waals surface area (Å²) in [6, 6.07) is 12.4. The van der Waals surface area contributed by atoms with Crippen LogP contribution in [0.3, 0.4) is 0 Å². The van der Waals surface area contributed by atoms with Gasteiger partial charge in [-0.3, -0.25) is 4.79 Å². The molecule has 1 fully saturated rings. The average Bonchev–Trinajstić information content (AvgIpc) is 3.25. The summed E-state index contributed by atoms with van der Waals surface area (Å²) in [5.41, 5.74) is 3.22. The molecule has 1 aliphatic rings. The number of pyridine rings is 1. The maximum absolute atomic E-state index is 15.5. The first-order valence-corrected chi connectivity index (χ1v) is 13.5. The second kappa shape index (κ2) is 12.1. The highest BCUT2D eigenvalue weighted by Gasteiger charge is 2.37. The molecule has 1 aromatic heterocycles. The van der Waals surface area contributed by atoms with Crippen molar-refractivity contribution in [2.24, 2.45) is 11.3 Å². The van der Waals surface area contributed by atoms with E-state index in [0.29, 0.717) is 16.9 Å². The average molecular weight is 538 g/mol. The van der Waals surface area contributed by atoms with Gasteiger partial charge in [-0.1, -0.05) is 39.3 Å². The monoisotopic (exact) mass is 537 g/mol. The second-order valence-corrected chi connectivity index (χ2v) is 11.3. The molecule has 2 atom stereocenters. The van der Waals surface area contributed by atoms with Crippen LogP contribution in [0.4, 0.5) is 8.78 Å². The molecule has 0 unspecified atom stereocenters. The molecule has 0 aliphatic heterocycles. The van der Waals surface area contributed by atoms with Crippen molar-refractivity contribution in [1.29, 1.82) is 0 Å². The van der Waals surface area contributed by atoms with Crippen LogP contribution in [0.15, 0.2) is 48.7 Å². The first-order valence-electron chi connectivity index (χ1n) is 13.5.